The van der Waals surface area contributed by atoms with E-state index in [1.165, 1.54) is 11.3 Å². The van der Waals surface area contributed by atoms with Crippen molar-refractivity contribution in [2.45, 2.75) is 24.8 Å². The van der Waals surface area contributed by atoms with Gasteiger partial charge < -0.3 is 10.0 Å². The molecular formula is C17H17Cl2NO2S. The van der Waals surface area contributed by atoms with E-state index in [4.69, 9.17) is 23.2 Å². The van der Waals surface area contributed by atoms with Gasteiger partial charge in [-0.05, 0) is 30.9 Å². The molecule has 6 heteroatoms. The molecule has 1 aromatic carbocycles. The predicted molar refractivity (Wildman–Crippen MR) is 94.6 cm³/mol. The summed E-state index contributed by atoms with van der Waals surface area (Å²) in [7, 11) is 0. The molecule has 1 saturated heterocycles. The first-order valence-electron chi connectivity index (χ1n) is 7.47. The monoisotopic (exact) mass is 369 g/mol. The summed E-state index contributed by atoms with van der Waals surface area (Å²) in [5, 5.41) is 10.1. The largest absolute Gasteiger partial charge is 0.394 e. The highest BCUT2D eigenvalue weighted by Crippen LogP contribution is 2.37. The van der Waals surface area contributed by atoms with Gasteiger partial charge in [0.25, 0.3) is 5.91 Å². The van der Waals surface area contributed by atoms with Gasteiger partial charge in [-0.2, -0.15) is 0 Å². The molecule has 2 heterocycles. The zero-order valence-corrected chi connectivity index (χ0v) is 14.8. The minimum atomic E-state index is -0.573. The van der Waals surface area contributed by atoms with Crippen LogP contribution < -0.4 is 0 Å². The number of carbonyl (C=O) groups excluding carboxylic acids is 1. The Morgan fingerprint density at radius 3 is 2.65 bits per heavy atom. The molecule has 0 saturated carbocycles. The number of aliphatic hydroxyl groups is 1. The summed E-state index contributed by atoms with van der Waals surface area (Å²) >= 11 is 13.3. The predicted octanol–water partition coefficient (Wildman–Crippen LogP) is 4.26. The van der Waals surface area contributed by atoms with E-state index in [9.17, 15) is 9.90 Å². The van der Waals surface area contributed by atoms with Crippen LogP contribution in [0.2, 0.25) is 8.67 Å². The van der Waals surface area contributed by atoms with Crippen LogP contribution in [0, 0.1) is 0 Å². The highest BCUT2D eigenvalue weighted by Gasteiger charge is 2.44. The number of thiophene rings is 1. The fraction of sp³-hybridized carbons (Fsp3) is 0.353. The van der Waals surface area contributed by atoms with Crippen LogP contribution in [0.4, 0.5) is 0 Å². The Labute approximate surface area is 149 Å². The van der Waals surface area contributed by atoms with Crippen molar-refractivity contribution in [3.8, 4) is 0 Å². The second-order valence-corrected chi connectivity index (χ2v) is 8.13. The van der Waals surface area contributed by atoms with E-state index in [1.54, 1.807) is 11.0 Å². The summed E-state index contributed by atoms with van der Waals surface area (Å²) in [5.41, 5.74) is 0.959. The SMILES string of the molecule is O=C(c1cc(Cl)sc1Cl)N1CCC[C@]1(CO)Cc1ccccc1. The Morgan fingerprint density at radius 1 is 1.30 bits per heavy atom. The fourth-order valence-corrected chi connectivity index (χ4v) is 4.71. The normalized spacial score (nSPS) is 20.9. The number of benzene rings is 1. The summed E-state index contributed by atoms with van der Waals surface area (Å²) in [5.74, 6) is -0.152. The summed E-state index contributed by atoms with van der Waals surface area (Å²) < 4.78 is 0.897. The van der Waals surface area contributed by atoms with Crippen LogP contribution in [-0.4, -0.2) is 34.6 Å². The van der Waals surface area contributed by atoms with Crippen molar-refractivity contribution < 1.29 is 9.90 Å². The van der Waals surface area contributed by atoms with Gasteiger partial charge in [0.05, 0.1) is 22.0 Å². The van der Waals surface area contributed by atoms with Gasteiger partial charge >= 0.3 is 0 Å². The van der Waals surface area contributed by atoms with Gasteiger partial charge in [-0.15, -0.1) is 11.3 Å². The van der Waals surface area contributed by atoms with Crippen molar-refractivity contribution in [1.82, 2.24) is 4.90 Å². The van der Waals surface area contributed by atoms with Gasteiger partial charge in [0.1, 0.15) is 4.34 Å². The zero-order valence-electron chi connectivity index (χ0n) is 12.5. The molecule has 1 aromatic heterocycles. The van der Waals surface area contributed by atoms with Crippen LogP contribution in [0.1, 0.15) is 28.8 Å². The minimum absolute atomic E-state index is 0.0663. The summed E-state index contributed by atoms with van der Waals surface area (Å²) in [6.45, 7) is 0.555. The van der Waals surface area contributed by atoms with Gasteiger partial charge in [0.15, 0.2) is 0 Å². The van der Waals surface area contributed by atoms with Crippen molar-refractivity contribution in [1.29, 1.82) is 0 Å². The van der Waals surface area contributed by atoms with Crippen molar-refractivity contribution in [2.24, 2.45) is 0 Å². The van der Waals surface area contributed by atoms with Crippen molar-refractivity contribution in [3.63, 3.8) is 0 Å². The van der Waals surface area contributed by atoms with E-state index in [0.717, 1.165) is 18.4 Å². The molecule has 0 aliphatic carbocycles. The van der Waals surface area contributed by atoms with E-state index in [0.29, 0.717) is 27.2 Å². The number of carbonyl (C=O) groups is 1. The summed E-state index contributed by atoms with van der Waals surface area (Å²) in [6.07, 6.45) is 2.28. The Bertz CT molecular complexity index is 704. The van der Waals surface area contributed by atoms with Crippen LogP contribution >= 0.6 is 34.5 Å². The highest BCUT2D eigenvalue weighted by atomic mass is 35.5. The molecule has 23 heavy (non-hydrogen) atoms. The molecule has 0 bridgehead atoms. The van der Waals surface area contributed by atoms with E-state index in [-0.39, 0.29) is 12.5 Å². The Hall–Kier alpha value is -1.07. The standard InChI is InChI=1S/C17H17Cl2NO2S/c18-14-9-13(15(19)23-14)16(22)20-8-4-7-17(20,11-21)10-12-5-2-1-3-6-12/h1-3,5-6,9,21H,4,7-8,10-11H2/t17-/m1/s1. The first-order chi connectivity index (χ1) is 11.1. The molecule has 1 fully saturated rings. The average molecular weight is 370 g/mol. The number of hydrogen-bond donors (Lipinski definition) is 1. The van der Waals surface area contributed by atoms with Crippen molar-refractivity contribution >= 4 is 40.4 Å². The molecule has 1 aliphatic heterocycles. The van der Waals surface area contributed by atoms with E-state index in [1.807, 2.05) is 30.3 Å². The second-order valence-electron chi connectivity index (χ2n) is 5.84. The van der Waals surface area contributed by atoms with Gasteiger partial charge in [-0.25, -0.2) is 0 Å². The van der Waals surface area contributed by atoms with E-state index >= 15 is 0 Å². The lowest BCUT2D eigenvalue weighted by molar-refractivity contribution is 0.0413. The smallest absolute Gasteiger partial charge is 0.256 e. The quantitative estimate of drug-likeness (QED) is 0.874. The van der Waals surface area contributed by atoms with Crippen LogP contribution in [0.25, 0.3) is 0 Å². The van der Waals surface area contributed by atoms with Crippen LogP contribution in [0.5, 0.6) is 0 Å². The molecule has 1 atom stereocenters. The zero-order chi connectivity index (χ0) is 16.4. The first kappa shape index (κ1) is 16.8. The molecular weight excluding hydrogens is 353 g/mol. The topological polar surface area (TPSA) is 40.5 Å². The maximum atomic E-state index is 12.9. The first-order valence-corrected chi connectivity index (χ1v) is 9.04. The van der Waals surface area contributed by atoms with Gasteiger partial charge in [0.2, 0.25) is 0 Å². The molecule has 1 N–H and O–H groups in total. The van der Waals surface area contributed by atoms with E-state index < -0.39 is 5.54 Å². The number of amides is 1. The maximum Gasteiger partial charge on any atom is 0.256 e. The van der Waals surface area contributed by atoms with Crippen LogP contribution in [0.3, 0.4) is 0 Å². The van der Waals surface area contributed by atoms with Crippen molar-refractivity contribution in [3.05, 3.63) is 56.2 Å². The molecule has 3 nitrogen and oxygen atoms in total. The number of rotatable bonds is 4. The Kier molecular flexibility index (Phi) is 4.97. The lowest BCUT2D eigenvalue weighted by Crippen LogP contribution is -2.51. The Morgan fingerprint density at radius 2 is 2.04 bits per heavy atom. The van der Waals surface area contributed by atoms with Gasteiger partial charge in [-0.3, -0.25) is 4.79 Å². The number of nitrogens with zero attached hydrogens (tertiary/aromatic N) is 1. The van der Waals surface area contributed by atoms with Gasteiger partial charge in [0, 0.05) is 6.54 Å². The summed E-state index contributed by atoms with van der Waals surface area (Å²) in [6, 6.07) is 11.5. The molecule has 2 aromatic rings. The lowest BCUT2D eigenvalue weighted by Gasteiger charge is -2.37. The number of likely N-dealkylation sites (tertiary alicyclic amines) is 1. The lowest BCUT2D eigenvalue weighted by atomic mass is 9.88. The van der Waals surface area contributed by atoms with Crippen LogP contribution in [-0.2, 0) is 6.42 Å². The minimum Gasteiger partial charge on any atom is -0.394 e. The van der Waals surface area contributed by atoms with Gasteiger partial charge in [-0.1, -0.05) is 53.5 Å². The Balaban J connectivity index is 1.91. The summed E-state index contributed by atoms with van der Waals surface area (Å²) in [4.78, 5) is 14.7. The number of halogens is 2. The third-order valence-corrected chi connectivity index (χ3v) is 5.89. The second kappa shape index (κ2) is 6.81. The molecule has 0 spiro atoms. The fourth-order valence-electron chi connectivity index (χ4n) is 3.27. The van der Waals surface area contributed by atoms with E-state index in [2.05, 4.69) is 0 Å². The van der Waals surface area contributed by atoms with Crippen molar-refractivity contribution in [2.75, 3.05) is 13.2 Å². The highest BCUT2D eigenvalue weighted by molar-refractivity contribution is 7.20. The average Bonchev–Trinajstić information content (AvgIpc) is 3.11. The molecule has 3 rings (SSSR count). The maximum absolute atomic E-state index is 12.9. The number of hydrogen-bond acceptors (Lipinski definition) is 3. The molecule has 0 radical (unpaired) electrons. The van der Waals surface area contributed by atoms with Crippen LogP contribution in [0.15, 0.2) is 36.4 Å². The molecule has 1 amide bonds. The third kappa shape index (κ3) is 3.26. The molecule has 122 valence electrons. The third-order valence-electron chi connectivity index (χ3n) is 4.40. The number of aliphatic hydroxyl groups excluding tert-OH is 1. The molecule has 0 unspecified atom stereocenters. The molecule has 1 aliphatic rings.